The molecule has 0 radical (unpaired) electrons. The largest absolute Gasteiger partial charge is 0.375 e. The van der Waals surface area contributed by atoms with Crippen LogP contribution in [0.15, 0.2) is 42.5 Å². The monoisotopic (exact) mass is 265 g/mol. The van der Waals surface area contributed by atoms with Crippen molar-refractivity contribution in [3.05, 3.63) is 64.7 Å². The molecule has 1 aliphatic rings. The summed E-state index contributed by atoms with van der Waals surface area (Å²) >= 11 is 0. The van der Waals surface area contributed by atoms with Crippen molar-refractivity contribution < 1.29 is 4.79 Å². The Balaban J connectivity index is 1.83. The first-order valence-electron chi connectivity index (χ1n) is 7.07. The van der Waals surface area contributed by atoms with Gasteiger partial charge in [-0.2, -0.15) is 0 Å². The summed E-state index contributed by atoms with van der Waals surface area (Å²) in [5.74, 6) is 0.281. The minimum absolute atomic E-state index is 0.105. The van der Waals surface area contributed by atoms with Gasteiger partial charge in [0.2, 0.25) is 0 Å². The second-order valence-corrected chi connectivity index (χ2v) is 5.63. The fourth-order valence-electron chi connectivity index (χ4n) is 2.85. The van der Waals surface area contributed by atoms with Crippen LogP contribution in [0.25, 0.3) is 0 Å². The van der Waals surface area contributed by atoms with Gasteiger partial charge in [0.15, 0.2) is 5.78 Å². The van der Waals surface area contributed by atoms with E-state index in [0.29, 0.717) is 6.42 Å². The van der Waals surface area contributed by atoms with Crippen LogP contribution in [0.1, 0.15) is 22.3 Å². The van der Waals surface area contributed by atoms with E-state index in [1.165, 1.54) is 16.7 Å². The number of benzene rings is 2. The average molecular weight is 265 g/mol. The molecule has 0 aromatic heterocycles. The maximum absolute atomic E-state index is 12.3. The van der Waals surface area contributed by atoms with Crippen LogP contribution >= 0.6 is 0 Å². The van der Waals surface area contributed by atoms with Gasteiger partial charge in [0.05, 0.1) is 6.04 Å². The van der Waals surface area contributed by atoms with Crippen LogP contribution in [0.5, 0.6) is 0 Å². The third-order valence-electron chi connectivity index (χ3n) is 4.02. The molecule has 2 aromatic carbocycles. The summed E-state index contributed by atoms with van der Waals surface area (Å²) in [5, 5.41) is 3.39. The number of hydrogen-bond acceptors (Lipinski definition) is 2. The van der Waals surface area contributed by atoms with Crippen LogP contribution in [-0.2, 0) is 17.6 Å². The predicted octanol–water partition coefficient (Wildman–Crippen LogP) is 3.45. The van der Waals surface area contributed by atoms with E-state index >= 15 is 0 Å². The van der Waals surface area contributed by atoms with Crippen LogP contribution in [0.3, 0.4) is 0 Å². The molecule has 1 atom stereocenters. The van der Waals surface area contributed by atoms with Crippen LogP contribution in [0.4, 0.5) is 5.69 Å². The Kier molecular flexibility index (Phi) is 3.31. The maximum Gasteiger partial charge on any atom is 0.159 e. The number of ketones is 1. The SMILES string of the molecule is Cc1ccc(C[C@@H]2Nc3ccccc3CC2=O)c(C)c1. The van der Waals surface area contributed by atoms with Crippen LogP contribution in [0.2, 0.25) is 0 Å². The molecule has 2 aromatic rings. The molecule has 0 saturated carbocycles. The summed E-state index contributed by atoms with van der Waals surface area (Å²) in [7, 11) is 0. The van der Waals surface area contributed by atoms with Crippen molar-refractivity contribution in [1.29, 1.82) is 0 Å². The van der Waals surface area contributed by atoms with E-state index in [9.17, 15) is 4.79 Å². The second-order valence-electron chi connectivity index (χ2n) is 5.63. The van der Waals surface area contributed by atoms with E-state index in [1.54, 1.807) is 0 Å². The Hall–Kier alpha value is -2.09. The molecule has 20 heavy (non-hydrogen) atoms. The van der Waals surface area contributed by atoms with E-state index in [-0.39, 0.29) is 11.8 Å². The smallest absolute Gasteiger partial charge is 0.159 e. The molecule has 1 N–H and O–H groups in total. The van der Waals surface area contributed by atoms with Gasteiger partial charge in [0.25, 0.3) is 0 Å². The summed E-state index contributed by atoms with van der Waals surface area (Å²) in [6.45, 7) is 4.21. The molecule has 2 nitrogen and oxygen atoms in total. The van der Waals surface area contributed by atoms with Crippen molar-refractivity contribution in [2.45, 2.75) is 32.7 Å². The molecule has 0 spiro atoms. The summed E-state index contributed by atoms with van der Waals surface area (Å²) in [5.41, 5.74) is 5.98. The van der Waals surface area contributed by atoms with Crippen molar-refractivity contribution in [2.75, 3.05) is 5.32 Å². The highest BCUT2D eigenvalue weighted by molar-refractivity contribution is 5.93. The Morgan fingerprint density at radius 2 is 1.95 bits per heavy atom. The Morgan fingerprint density at radius 3 is 2.75 bits per heavy atom. The van der Waals surface area contributed by atoms with E-state index < -0.39 is 0 Å². The van der Waals surface area contributed by atoms with E-state index in [2.05, 4.69) is 43.4 Å². The molecule has 0 saturated heterocycles. The quantitative estimate of drug-likeness (QED) is 0.901. The average Bonchev–Trinajstić information content (AvgIpc) is 2.42. The topological polar surface area (TPSA) is 29.1 Å². The number of para-hydroxylation sites is 1. The molecule has 0 unspecified atom stereocenters. The first-order chi connectivity index (χ1) is 9.63. The molecule has 0 amide bonds. The van der Waals surface area contributed by atoms with Gasteiger partial charge in [0, 0.05) is 12.1 Å². The van der Waals surface area contributed by atoms with Gasteiger partial charge in [-0.3, -0.25) is 4.79 Å². The van der Waals surface area contributed by atoms with Gasteiger partial charge in [0.1, 0.15) is 0 Å². The summed E-state index contributed by atoms with van der Waals surface area (Å²) in [4.78, 5) is 12.3. The molecule has 2 heteroatoms. The molecular formula is C18H19NO. The first kappa shape index (κ1) is 12.9. The molecule has 1 aliphatic heterocycles. The van der Waals surface area contributed by atoms with Crippen LogP contribution in [-0.4, -0.2) is 11.8 Å². The van der Waals surface area contributed by atoms with Crippen LogP contribution in [0, 0.1) is 13.8 Å². The summed E-state index contributed by atoms with van der Waals surface area (Å²) < 4.78 is 0. The van der Waals surface area contributed by atoms with Gasteiger partial charge in [-0.15, -0.1) is 0 Å². The summed E-state index contributed by atoms with van der Waals surface area (Å²) in [6, 6.07) is 14.4. The third-order valence-corrected chi connectivity index (χ3v) is 4.02. The predicted molar refractivity (Wildman–Crippen MR) is 82.2 cm³/mol. The zero-order valence-electron chi connectivity index (χ0n) is 11.9. The molecule has 0 fully saturated rings. The molecule has 3 rings (SSSR count). The Morgan fingerprint density at radius 1 is 1.15 bits per heavy atom. The van der Waals surface area contributed by atoms with E-state index in [4.69, 9.17) is 0 Å². The maximum atomic E-state index is 12.3. The lowest BCUT2D eigenvalue weighted by atomic mass is 9.91. The van der Waals surface area contributed by atoms with Gasteiger partial charge in [-0.1, -0.05) is 42.0 Å². The lowest BCUT2D eigenvalue weighted by molar-refractivity contribution is -0.119. The highest BCUT2D eigenvalue weighted by Gasteiger charge is 2.25. The zero-order chi connectivity index (χ0) is 14.1. The molecule has 0 bridgehead atoms. The van der Waals surface area contributed by atoms with E-state index in [0.717, 1.165) is 17.7 Å². The highest BCUT2D eigenvalue weighted by Crippen LogP contribution is 2.24. The molecular weight excluding hydrogens is 246 g/mol. The standard InChI is InChI=1S/C18H19NO/c1-12-7-8-14(13(2)9-12)10-17-18(20)11-15-5-3-4-6-16(15)19-17/h3-9,17,19H,10-11H2,1-2H3/t17-/m0/s1. The minimum Gasteiger partial charge on any atom is -0.375 e. The number of rotatable bonds is 2. The van der Waals surface area contributed by atoms with Gasteiger partial charge in [-0.05, 0) is 43.0 Å². The van der Waals surface area contributed by atoms with Crippen molar-refractivity contribution in [3.8, 4) is 0 Å². The number of hydrogen-bond donors (Lipinski definition) is 1. The summed E-state index contributed by atoms with van der Waals surface area (Å²) in [6.07, 6.45) is 1.30. The number of aryl methyl sites for hydroxylation is 2. The first-order valence-corrected chi connectivity index (χ1v) is 7.07. The molecule has 1 heterocycles. The normalized spacial score (nSPS) is 17.5. The van der Waals surface area contributed by atoms with Crippen molar-refractivity contribution in [2.24, 2.45) is 0 Å². The van der Waals surface area contributed by atoms with Crippen molar-refractivity contribution in [3.63, 3.8) is 0 Å². The van der Waals surface area contributed by atoms with Crippen LogP contribution < -0.4 is 5.32 Å². The number of nitrogens with one attached hydrogen (secondary N) is 1. The molecule has 102 valence electrons. The number of carbonyl (C=O) groups excluding carboxylic acids is 1. The minimum atomic E-state index is -0.105. The van der Waals surface area contributed by atoms with Crippen molar-refractivity contribution in [1.82, 2.24) is 0 Å². The number of carbonyl (C=O) groups is 1. The van der Waals surface area contributed by atoms with Crippen molar-refractivity contribution >= 4 is 11.5 Å². The zero-order valence-corrected chi connectivity index (χ0v) is 11.9. The number of anilines is 1. The lowest BCUT2D eigenvalue weighted by Gasteiger charge is -2.26. The van der Waals surface area contributed by atoms with Gasteiger partial charge >= 0.3 is 0 Å². The fraction of sp³-hybridized carbons (Fsp3) is 0.278. The number of Topliss-reactive ketones (excluding diaryl/α,β-unsaturated/α-hetero) is 1. The van der Waals surface area contributed by atoms with Gasteiger partial charge < -0.3 is 5.32 Å². The van der Waals surface area contributed by atoms with Gasteiger partial charge in [-0.25, -0.2) is 0 Å². The lowest BCUT2D eigenvalue weighted by Crippen LogP contribution is -2.37. The third kappa shape index (κ3) is 2.46. The second kappa shape index (κ2) is 5.12. The number of fused-ring (bicyclic) bond motifs is 1. The fourth-order valence-corrected chi connectivity index (χ4v) is 2.85. The Bertz CT molecular complexity index is 660. The van der Waals surface area contributed by atoms with E-state index in [1.807, 2.05) is 18.2 Å². The molecule has 0 aliphatic carbocycles. The highest BCUT2D eigenvalue weighted by atomic mass is 16.1. The Labute approximate surface area is 119 Å².